The van der Waals surface area contributed by atoms with Gasteiger partial charge in [0.15, 0.2) is 0 Å². The molecule has 0 spiro atoms. The molecule has 0 aliphatic rings. The molecule has 1 N–H and O–H groups in total. The monoisotopic (exact) mass is 483 g/mol. The van der Waals surface area contributed by atoms with Crippen LogP contribution < -0.4 is 10.1 Å². The smallest absolute Gasteiger partial charge is 0.271 e. The third-order valence-electron chi connectivity index (χ3n) is 5.12. The molecule has 0 saturated heterocycles. The SMILES string of the molecule is COc1ccc([N+](=O)[O-])cc1NC(=O)c1ccc(S(=O)(=O)N(Cc2ccccc2)C(C)C)cc1. The highest BCUT2D eigenvalue weighted by atomic mass is 32.2. The summed E-state index contributed by atoms with van der Waals surface area (Å²) in [5.74, 6) is -0.306. The van der Waals surface area contributed by atoms with Gasteiger partial charge in [-0.2, -0.15) is 4.31 Å². The number of non-ortho nitro benzene ring substituents is 1. The second-order valence-corrected chi connectivity index (χ2v) is 9.64. The Hall–Kier alpha value is -3.76. The highest BCUT2D eigenvalue weighted by Gasteiger charge is 2.27. The summed E-state index contributed by atoms with van der Waals surface area (Å²) < 4.78 is 33.1. The maximum Gasteiger partial charge on any atom is 0.271 e. The number of anilines is 1. The number of nitro groups is 1. The van der Waals surface area contributed by atoms with Gasteiger partial charge in [-0.05, 0) is 49.7 Å². The number of carbonyl (C=O) groups excluding carboxylic acids is 1. The van der Waals surface area contributed by atoms with Gasteiger partial charge in [0.1, 0.15) is 5.75 Å². The Kier molecular flexibility index (Phi) is 7.64. The normalized spacial score (nSPS) is 11.4. The van der Waals surface area contributed by atoms with E-state index in [9.17, 15) is 23.3 Å². The number of methoxy groups -OCH3 is 1. The molecule has 0 saturated carbocycles. The summed E-state index contributed by atoms with van der Waals surface area (Å²) in [4.78, 5) is 23.2. The van der Waals surface area contributed by atoms with Crippen LogP contribution in [0.5, 0.6) is 5.75 Å². The van der Waals surface area contributed by atoms with Crippen LogP contribution in [0, 0.1) is 10.1 Å². The average Bonchev–Trinajstić information content (AvgIpc) is 2.82. The number of benzene rings is 3. The number of carbonyl (C=O) groups is 1. The van der Waals surface area contributed by atoms with E-state index in [-0.39, 0.29) is 40.2 Å². The van der Waals surface area contributed by atoms with Crippen LogP contribution in [0.25, 0.3) is 0 Å². The third-order valence-corrected chi connectivity index (χ3v) is 7.16. The van der Waals surface area contributed by atoms with E-state index in [1.807, 2.05) is 30.3 Å². The number of hydrogen-bond acceptors (Lipinski definition) is 6. The van der Waals surface area contributed by atoms with Crippen molar-refractivity contribution in [3.05, 3.63) is 94.0 Å². The second-order valence-electron chi connectivity index (χ2n) is 7.75. The average molecular weight is 484 g/mol. The van der Waals surface area contributed by atoms with Crippen LogP contribution in [0.2, 0.25) is 0 Å². The Balaban J connectivity index is 1.83. The summed E-state index contributed by atoms with van der Waals surface area (Å²) in [5, 5.41) is 13.6. The third kappa shape index (κ3) is 5.59. The Morgan fingerprint density at radius 2 is 1.71 bits per heavy atom. The van der Waals surface area contributed by atoms with E-state index in [4.69, 9.17) is 4.74 Å². The minimum absolute atomic E-state index is 0.0570. The molecule has 0 fully saturated rings. The van der Waals surface area contributed by atoms with Crippen LogP contribution in [0.1, 0.15) is 29.8 Å². The lowest BCUT2D eigenvalue weighted by Crippen LogP contribution is -2.36. The topological polar surface area (TPSA) is 119 Å². The van der Waals surface area contributed by atoms with Crippen LogP contribution >= 0.6 is 0 Å². The first kappa shape index (κ1) is 24.9. The molecule has 34 heavy (non-hydrogen) atoms. The highest BCUT2D eigenvalue weighted by molar-refractivity contribution is 7.89. The maximum absolute atomic E-state index is 13.3. The molecule has 3 aromatic rings. The molecule has 0 aromatic heterocycles. The van der Waals surface area contributed by atoms with Gasteiger partial charge in [0.25, 0.3) is 11.6 Å². The van der Waals surface area contributed by atoms with Gasteiger partial charge in [-0.15, -0.1) is 0 Å². The quantitative estimate of drug-likeness (QED) is 0.355. The summed E-state index contributed by atoms with van der Waals surface area (Å²) in [5.41, 5.74) is 0.977. The molecule has 3 aromatic carbocycles. The number of nitro benzene ring substituents is 1. The van der Waals surface area contributed by atoms with Crippen molar-refractivity contribution in [2.24, 2.45) is 0 Å². The van der Waals surface area contributed by atoms with Crippen molar-refractivity contribution < 1.29 is 22.9 Å². The van der Waals surface area contributed by atoms with E-state index in [0.717, 1.165) is 5.56 Å². The van der Waals surface area contributed by atoms with Gasteiger partial charge in [0.2, 0.25) is 10.0 Å². The molecule has 0 atom stereocenters. The lowest BCUT2D eigenvalue weighted by Gasteiger charge is -2.26. The van der Waals surface area contributed by atoms with Crippen LogP contribution in [0.3, 0.4) is 0 Å². The van der Waals surface area contributed by atoms with Gasteiger partial charge in [-0.25, -0.2) is 8.42 Å². The molecule has 9 nitrogen and oxygen atoms in total. The summed E-state index contributed by atoms with van der Waals surface area (Å²) in [6.07, 6.45) is 0. The first-order valence-electron chi connectivity index (χ1n) is 10.4. The maximum atomic E-state index is 13.3. The van der Waals surface area contributed by atoms with Gasteiger partial charge in [-0.3, -0.25) is 14.9 Å². The van der Waals surface area contributed by atoms with E-state index in [2.05, 4.69) is 5.32 Å². The van der Waals surface area contributed by atoms with Crippen LogP contribution in [-0.4, -0.2) is 36.7 Å². The van der Waals surface area contributed by atoms with Crippen molar-refractivity contribution in [1.29, 1.82) is 0 Å². The number of nitrogens with one attached hydrogen (secondary N) is 1. The predicted octanol–water partition coefficient (Wildman–Crippen LogP) is 4.46. The van der Waals surface area contributed by atoms with E-state index >= 15 is 0 Å². The fraction of sp³-hybridized carbons (Fsp3) is 0.208. The molecule has 1 amide bonds. The lowest BCUT2D eigenvalue weighted by atomic mass is 10.2. The van der Waals surface area contributed by atoms with Crippen LogP contribution in [0.15, 0.2) is 77.7 Å². The largest absolute Gasteiger partial charge is 0.495 e. The highest BCUT2D eigenvalue weighted by Crippen LogP contribution is 2.29. The number of ether oxygens (including phenoxy) is 1. The summed E-state index contributed by atoms with van der Waals surface area (Å²) >= 11 is 0. The number of hydrogen-bond donors (Lipinski definition) is 1. The molecule has 0 aliphatic carbocycles. The summed E-state index contributed by atoms with van der Waals surface area (Å²) in [6, 6.07) is 18.4. The molecule has 10 heteroatoms. The Morgan fingerprint density at radius 1 is 1.06 bits per heavy atom. The van der Waals surface area contributed by atoms with Gasteiger partial charge >= 0.3 is 0 Å². The molecule has 0 radical (unpaired) electrons. The number of nitrogens with zero attached hydrogens (tertiary/aromatic N) is 2. The molecule has 0 bridgehead atoms. The number of sulfonamides is 1. The van der Waals surface area contributed by atoms with Crippen molar-refractivity contribution in [3.63, 3.8) is 0 Å². The summed E-state index contributed by atoms with van der Waals surface area (Å²) in [7, 11) is -2.44. The van der Waals surface area contributed by atoms with Crippen molar-refractivity contribution in [2.75, 3.05) is 12.4 Å². The van der Waals surface area contributed by atoms with E-state index in [1.54, 1.807) is 13.8 Å². The molecule has 3 rings (SSSR count). The number of amides is 1. The van der Waals surface area contributed by atoms with E-state index in [1.165, 1.54) is 53.9 Å². The Morgan fingerprint density at radius 3 is 2.26 bits per heavy atom. The molecule has 0 unspecified atom stereocenters. The molecule has 178 valence electrons. The number of rotatable bonds is 9. The zero-order chi connectivity index (χ0) is 24.9. The van der Waals surface area contributed by atoms with Crippen LogP contribution in [0.4, 0.5) is 11.4 Å². The van der Waals surface area contributed by atoms with Gasteiger partial charge in [0.05, 0.1) is 22.6 Å². The standard InChI is InChI=1S/C24H25N3O6S/c1-17(2)26(16-18-7-5-4-6-8-18)34(31,32)21-12-9-19(10-13-21)24(28)25-22-15-20(27(29)30)11-14-23(22)33-3/h4-15,17H,16H2,1-3H3,(H,25,28). The van der Waals surface area contributed by atoms with Gasteiger partial charge < -0.3 is 10.1 Å². The van der Waals surface area contributed by atoms with Gasteiger partial charge in [0, 0.05) is 30.3 Å². The first-order valence-corrected chi connectivity index (χ1v) is 11.9. The van der Waals surface area contributed by atoms with Crippen molar-refractivity contribution >= 4 is 27.3 Å². The predicted molar refractivity (Wildman–Crippen MR) is 128 cm³/mol. The van der Waals surface area contributed by atoms with Gasteiger partial charge in [-0.1, -0.05) is 30.3 Å². The summed E-state index contributed by atoms with van der Waals surface area (Å²) in [6.45, 7) is 3.82. The fourth-order valence-electron chi connectivity index (χ4n) is 3.32. The van der Waals surface area contributed by atoms with Crippen molar-refractivity contribution in [3.8, 4) is 5.75 Å². The minimum atomic E-state index is -3.82. The zero-order valence-electron chi connectivity index (χ0n) is 19.0. The lowest BCUT2D eigenvalue weighted by molar-refractivity contribution is -0.384. The first-order chi connectivity index (χ1) is 16.1. The van der Waals surface area contributed by atoms with Crippen LogP contribution in [-0.2, 0) is 16.6 Å². The van der Waals surface area contributed by atoms with Crippen molar-refractivity contribution in [2.45, 2.75) is 31.3 Å². The Bertz CT molecular complexity index is 1280. The molecular formula is C24H25N3O6S. The molecule has 0 heterocycles. The Labute approximate surface area is 198 Å². The molecular weight excluding hydrogens is 458 g/mol. The van der Waals surface area contributed by atoms with E-state index < -0.39 is 20.9 Å². The fourth-order valence-corrected chi connectivity index (χ4v) is 4.95. The van der Waals surface area contributed by atoms with Crippen molar-refractivity contribution in [1.82, 2.24) is 4.31 Å². The second kappa shape index (κ2) is 10.4. The van der Waals surface area contributed by atoms with E-state index in [0.29, 0.717) is 0 Å². The zero-order valence-corrected chi connectivity index (χ0v) is 19.8. The molecule has 0 aliphatic heterocycles. The minimum Gasteiger partial charge on any atom is -0.495 e.